The van der Waals surface area contributed by atoms with Crippen LogP contribution in [0.4, 0.5) is 4.39 Å². The molecule has 1 aromatic heterocycles. The van der Waals surface area contributed by atoms with Gasteiger partial charge in [-0.15, -0.1) is 0 Å². The van der Waals surface area contributed by atoms with Crippen molar-refractivity contribution in [1.82, 2.24) is 10.2 Å². The largest absolute Gasteiger partial charge is 0.381 e. The molecule has 1 saturated heterocycles. The van der Waals surface area contributed by atoms with E-state index in [1.165, 1.54) is 6.07 Å². The van der Waals surface area contributed by atoms with Crippen LogP contribution in [0.15, 0.2) is 30.5 Å². The topological polar surface area (TPSA) is 37.9 Å². The third-order valence-electron chi connectivity index (χ3n) is 3.43. The number of halogens is 1. The van der Waals surface area contributed by atoms with Gasteiger partial charge in [0, 0.05) is 30.4 Å². The third-order valence-corrected chi connectivity index (χ3v) is 3.43. The monoisotopic (exact) mass is 246 g/mol. The van der Waals surface area contributed by atoms with Crippen molar-refractivity contribution >= 4 is 0 Å². The Balaban J connectivity index is 1.95. The Labute approximate surface area is 105 Å². The fraction of sp³-hybridized carbons (Fsp3) is 0.357. The Morgan fingerprint density at radius 1 is 1.28 bits per heavy atom. The Bertz CT molecular complexity index is 532. The van der Waals surface area contributed by atoms with Crippen LogP contribution >= 0.6 is 0 Å². The summed E-state index contributed by atoms with van der Waals surface area (Å²) in [4.78, 5) is 0. The fourth-order valence-electron chi connectivity index (χ4n) is 2.48. The molecule has 0 amide bonds. The zero-order valence-corrected chi connectivity index (χ0v) is 10.0. The molecule has 1 aliphatic heterocycles. The summed E-state index contributed by atoms with van der Waals surface area (Å²) in [5, 5.41) is 7.18. The predicted molar refractivity (Wildman–Crippen MR) is 66.8 cm³/mol. The SMILES string of the molecule is Fc1cccc(-c2cn[nH]c2C2CCOCC2)c1. The van der Waals surface area contributed by atoms with Crippen molar-refractivity contribution in [3.8, 4) is 11.1 Å². The summed E-state index contributed by atoms with van der Waals surface area (Å²) in [6.45, 7) is 1.57. The minimum absolute atomic E-state index is 0.216. The van der Waals surface area contributed by atoms with Crippen molar-refractivity contribution < 1.29 is 9.13 Å². The molecule has 0 aliphatic carbocycles. The van der Waals surface area contributed by atoms with Crippen LogP contribution in [0.2, 0.25) is 0 Å². The van der Waals surface area contributed by atoms with Crippen LogP contribution in [0.25, 0.3) is 11.1 Å². The van der Waals surface area contributed by atoms with Crippen LogP contribution < -0.4 is 0 Å². The van der Waals surface area contributed by atoms with Gasteiger partial charge in [-0.1, -0.05) is 12.1 Å². The average molecular weight is 246 g/mol. The molecule has 0 unspecified atom stereocenters. The maximum atomic E-state index is 13.3. The van der Waals surface area contributed by atoms with Crippen LogP contribution in [0.1, 0.15) is 24.5 Å². The molecule has 2 heterocycles. The number of aromatic nitrogens is 2. The number of H-pyrrole nitrogens is 1. The van der Waals surface area contributed by atoms with Crippen LogP contribution in [0, 0.1) is 5.82 Å². The van der Waals surface area contributed by atoms with Gasteiger partial charge in [-0.05, 0) is 30.5 Å². The van der Waals surface area contributed by atoms with Gasteiger partial charge in [0.15, 0.2) is 0 Å². The van der Waals surface area contributed by atoms with Crippen molar-refractivity contribution in [3.05, 3.63) is 42.0 Å². The second kappa shape index (κ2) is 4.90. The van der Waals surface area contributed by atoms with Crippen LogP contribution in [-0.4, -0.2) is 23.4 Å². The van der Waals surface area contributed by atoms with E-state index < -0.39 is 0 Å². The molecule has 0 bridgehead atoms. The minimum atomic E-state index is -0.216. The van der Waals surface area contributed by atoms with Gasteiger partial charge in [-0.25, -0.2) is 4.39 Å². The molecule has 0 atom stereocenters. The standard InChI is InChI=1S/C14H15FN2O/c15-12-3-1-2-11(8-12)13-9-16-17-14(13)10-4-6-18-7-5-10/h1-3,8-10H,4-7H2,(H,16,17). The minimum Gasteiger partial charge on any atom is -0.381 e. The lowest BCUT2D eigenvalue weighted by Gasteiger charge is -2.22. The molecule has 0 radical (unpaired) electrons. The highest BCUT2D eigenvalue weighted by Crippen LogP contribution is 2.33. The normalized spacial score (nSPS) is 16.9. The smallest absolute Gasteiger partial charge is 0.123 e. The van der Waals surface area contributed by atoms with Crippen molar-refractivity contribution in [3.63, 3.8) is 0 Å². The van der Waals surface area contributed by atoms with Crippen molar-refractivity contribution in [1.29, 1.82) is 0 Å². The van der Waals surface area contributed by atoms with Crippen LogP contribution in [-0.2, 0) is 4.74 Å². The molecule has 1 fully saturated rings. The van der Waals surface area contributed by atoms with Gasteiger partial charge >= 0.3 is 0 Å². The molecule has 94 valence electrons. The lowest BCUT2D eigenvalue weighted by atomic mass is 9.91. The highest BCUT2D eigenvalue weighted by atomic mass is 19.1. The van der Waals surface area contributed by atoms with E-state index in [0.717, 1.165) is 42.9 Å². The van der Waals surface area contributed by atoms with Crippen molar-refractivity contribution in [2.75, 3.05) is 13.2 Å². The Morgan fingerprint density at radius 3 is 2.89 bits per heavy atom. The summed E-state index contributed by atoms with van der Waals surface area (Å²) in [5.41, 5.74) is 2.98. The van der Waals surface area contributed by atoms with Gasteiger partial charge in [-0.3, -0.25) is 5.10 Å². The Hall–Kier alpha value is -1.68. The highest BCUT2D eigenvalue weighted by molar-refractivity contribution is 5.65. The van der Waals surface area contributed by atoms with Gasteiger partial charge < -0.3 is 4.74 Å². The first-order valence-corrected chi connectivity index (χ1v) is 6.21. The first kappa shape index (κ1) is 11.4. The van der Waals surface area contributed by atoms with Crippen molar-refractivity contribution in [2.45, 2.75) is 18.8 Å². The van der Waals surface area contributed by atoms with E-state index in [1.54, 1.807) is 18.3 Å². The van der Waals surface area contributed by atoms with E-state index >= 15 is 0 Å². The van der Waals surface area contributed by atoms with Gasteiger partial charge in [0.05, 0.1) is 6.20 Å². The second-order valence-corrected chi connectivity index (χ2v) is 4.59. The molecule has 3 rings (SSSR count). The molecule has 2 aromatic rings. The van der Waals surface area contributed by atoms with Crippen molar-refractivity contribution in [2.24, 2.45) is 0 Å². The fourth-order valence-corrected chi connectivity index (χ4v) is 2.48. The summed E-state index contributed by atoms with van der Waals surface area (Å²) in [7, 11) is 0. The zero-order chi connectivity index (χ0) is 12.4. The molecule has 1 aromatic carbocycles. The maximum Gasteiger partial charge on any atom is 0.123 e. The molecule has 1 N–H and O–H groups in total. The molecule has 0 spiro atoms. The molecular formula is C14H15FN2O. The van der Waals surface area contributed by atoms with E-state index in [2.05, 4.69) is 10.2 Å². The molecule has 1 aliphatic rings. The van der Waals surface area contributed by atoms with E-state index in [-0.39, 0.29) is 5.82 Å². The molecule has 4 heteroatoms. The number of ether oxygens (including phenoxy) is 1. The van der Waals surface area contributed by atoms with Gasteiger partial charge in [0.2, 0.25) is 0 Å². The number of aromatic amines is 1. The lowest BCUT2D eigenvalue weighted by Crippen LogP contribution is -2.15. The Morgan fingerprint density at radius 2 is 2.11 bits per heavy atom. The first-order chi connectivity index (χ1) is 8.84. The summed E-state index contributed by atoms with van der Waals surface area (Å²) < 4.78 is 18.7. The van der Waals surface area contributed by atoms with E-state index in [0.29, 0.717) is 5.92 Å². The van der Waals surface area contributed by atoms with Gasteiger partial charge in [0.1, 0.15) is 5.82 Å². The van der Waals surface area contributed by atoms with E-state index in [1.807, 2.05) is 6.07 Å². The number of nitrogens with one attached hydrogen (secondary N) is 1. The Kier molecular flexibility index (Phi) is 3.11. The second-order valence-electron chi connectivity index (χ2n) is 4.59. The number of nitrogens with zero attached hydrogens (tertiary/aromatic N) is 1. The summed E-state index contributed by atoms with van der Waals surface area (Å²) >= 11 is 0. The lowest BCUT2D eigenvalue weighted by molar-refractivity contribution is 0.0846. The maximum absolute atomic E-state index is 13.3. The summed E-state index contributed by atoms with van der Waals surface area (Å²) in [6, 6.07) is 6.65. The van der Waals surface area contributed by atoms with Gasteiger partial charge in [0.25, 0.3) is 0 Å². The first-order valence-electron chi connectivity index (χ1n) is 6.21. The summed E-state index contributed by atoms with van der Waals surface area (Å²) in [5.74, 6) is 0.214. The van der Waals surface area contributed by atoms with Crippen LogP contribution in [0.3, 0.4) is 0 Å². The number of rotatable bonds is 2. The predicted octanol–water partition coefficient (Wildman–Crippen LogP) is 3.11. The van der Waals surface area contributed by atoms with E-state index in [4.69, 9.17) is 4.74 Å². The molecule has 18 heavy (non-hydrogen) atoms. The molecular weight excluding hydrogens is 231 g/mol. The van der Waals surface area contributed by atoms with Gasteiger partial charge in [-0.2, -0.15) is 5.10 Å². The number of benzene rings is 1. The molecule has 0 saturated carbocycles. The number of hydrogen-bond acceptors (Lipinski definition) is 2. The molecule has 3 nitrogen and oxygen atoms in total. The average Bonchev–Trinajstić information content (AvgIpc) is 2.89. The number of hydrogen-bond donors (Lipinski definition) is 1. The zero-order valence-electron chi connectivity index (χ0n) is 10.0. The third kappa shape index (κ3) is 2.16. The highest BCUT2D eigenvalue weighted by Gasteiger charge is 2.21. The van der Waals surface area contributed by atoms with Crippen LogP contribution in [0.5, 0.6) is 0 Å². The summed E-state index contributed by atoms with van der Waals surface area (Å²) in [6.07, 6.45) is 3.76. The van der Waals surface area contributed by atoms with E-state index in [9.17, 15) is 4.39 Å². The quantitative estimate of drug-likeness (QED) is 0.884.